The van der Waals surface area contributed by atoms with Gasteiger partial charge in [0.15, 0.2) is 11.5 Å². The van der Waals surface area contributed by atoms with Crippen LogP contribution in [0, 0.1) is 0 Å². The fourth-order valence-corrected chi connectivity index (χ4v) is 6.05. The summed E-state index contributed by atoms with van der Waals surface area (Å²) < 4.78 is 22.2. The Labute approximate surface area is 258 Å². The highest BCUT2D eigenvalue weighted by Gasteiger charge is 2.35. The van der Waals surface area contributed by atoms with E-state index in [-0.39, 0.29) is 30.8 Å². The molecule has 1 aromatic heterocycles. The third-order valence-electron chi connectivity index (χ3n) is 8.36. The lowest BCUT2D eigenvalue weighted by Gasteiger charge is -2.34. The monoisotopic (exact) mass is 599 g/mol. The van der Waals surface area contributed by atoms with Crippen molar-refractivity contribution < 1.29 is 28.5 Å². The van der Waals surface area contributed by atoms with E-state index in [0.29, 0.717) is 28.6 Å². The first-order valence-electron chi connectivity index (χ1n) is 15.0. The van der Waals surface area contributed by atoms with Crippen LogP contribution < -0.4 is 24.3 Å². The number of hydrogen-bond acceptors (Lipinski definition) is 6. The molecule has 0 unspecified atom stereocenters. The first kappa shape index (κ1) is 30.8. The van der Waals surface area contributed by atoms with Gasteiger partial charge in [-0.15, -0.1) is 0 Å². The molecule has 0 bridgehead atoms. The Hall–Kier alpha value is -4.66. The van der Waals surface area contributed by atoms with Crippen molar-refractivity contribution in [3.8, 4) is 23.0 Å². The molecule has 3 aromatic carbocycles. The van der Waals surface area contributed by atoms with E-state index in [2.05, 4.69) is 10.3 Å². The number of nitrogens with one attached hydrogen (secondary N) is 2. The number of fused-ring (bicyclic) bond motifs is 1. The summed E-state index contributed by atoms with van der Waals surface area (Å²) in [6.45, 7) is 0.199. The zero-order chi connectivity index (χ0) is 31.1. The standard InChI is InChI=1S/C35H41N3O6/c1-41-27-16-14-23(15-17-27)22-38(32(39)20-25-21-36-29-13-9-8-12-28(25)29)33(35(40)37-26-10-6-5-7-11-26)24-18-30(42-2)34(44-4)31(19-24)43-3/h8-9,12-19,21,26,33,36H,5-7,10-11,20,22H2,1-4H3,(H,37,40)/t33-/m0/s1. The highest BCUT2D eigenvalue weighted by atomic mass is 16.5. The first-order valence-corrected chi connectivity index (χ1v) is 15.0. The minimum Gasteiger partial charge on any atom is -0.497 e. The molecule has 232 valence electrons. The van der Waals surface area contributed by atoms with Crippen LogP contribution in [0.25, 0.3) is 10.9 Å². The van der Waals surface area contributed by atoms with Crippen LogP contribution in [0.15, 0.2) is 66.9 Å². The van der Waals surface area contributed by atoms with Gasteiger partial charge < -0.3 is 34.1 Å². The fourth-order valence-electron chi connectivity index (χ4n) is 6.05. The lowest BCUT2D eigenvalue weighted by atomic mass is 9.94. The van der Waals surface area contributed by atoms with Crippen molar-refractivity contribution in [3.05, 3.63) is 83.6 Å². The van der Waals surface area contributed by atoms with Gasteiger partial charge >= 0.3 is 0 Å². The number of amides is 2. The lowest BCUT2D eigenvalue weighted by molar-refractivity contribution is -0.141. The van der Waals surface area contributed by atoms with Crippen LogP contribution >= 0.6 is 0 Å². The minimum absolute atomic E-state index is 0.0485. The van der Waals surface area contributed by atoms with Crippen LogP contribution in [0.5, 0.6) is 23.0 Å². The highest BCUT2D eigenvalue weighted by Crippen LogP contribution is 2.41. The molecule has 9 heteroatoms. The summed E-state index contributed by atoms with van der Waals surface area (Å²) in [7, 11) is 6.22. The number of hydrogen-bond donors (Lipinski definition) is 2. The molecule has 1 heterocycles. The van der Waals surface area contributed by atoms with Crippen molar-refractivity contribution in [2.75, 3.05) is 28.4 Å². The normalized spacial score (nSPS) is 14.1. The fraction of sp³-hybridized carbons (Fsp3) is 0.371. The van der Waals surface area contributed by atoms with Gasteiger partial charge in [0, 0.05) is 29.7 Å². The van der Waals surface area contributed by atoms with Gasteiger partial charge in [-0.2, -0.15) is 0 Å². The smallest absolute Gasteiger partial charge is 0.247 e. The molecule has 0 radical (unpaired) electrons. The van der Waals surface area contributed by atoms with E-state index >= 15 is 0 Å². The van der Waals surface area contributed by atoms with Gasteiger partial charge in [-0.3, -0.25) is 9.59 Å². The van der Waals surface area contributed by atoms with Gasteiger partial charge in [0.2, 0.25) is 17.6 Å². The second-order valence-electron chi connectivity index (χ2n) is 11.1. The zero-order valence-corrected chi connectivity index (χ0v) is 25.9. The number of aromatic amines is 1. The SMILES string of the molecule is COc1ccc(CN(C(=O)Cc2c[nH]c3ccccc23)[C@H](C(=O)NC2CCCCC2)c2cc(OC)c(OC)c(OC)c2)cc1. The van der Waals surface area contributed by atoms with Crippen molar-refractivity contribution in [1.82, 2.24) is 15.2 Å². The van der Waals surface area contributed by atoms with Crippen LogP contribution in [0.1, 0.15) is 54.8 Å². The minimum atomic E-state index is -0.967. The average molecular weight is 600 g/mol. The largest absolute Gasteiger partial charge is 0.497 e. The molecule has 1 aliphatic rings. The number of aromatic nitrogens is 1. The molecular weight excluding hydrogens is 558 g/mol. The van der Waals surface area contributed by atoms with E-state index in [1.165, 1.54) is 21.3 Å². The Kier molecular flexibility index (Phi) is 9.94. The second kappa shape index (κ2) is 14.2. The summed E-state index contributed by atoms with van der Waals surface area (Å²) in [6.07, 6.45) is 7.09. The van der Waals surface area contributed by atoms with E-state index in [1.807, 2.05) is 54.7 Å². The molecule has 1 atom stereocenters. The molecule has 1 fully saturated rings. The summed E-state index contributed by atoms with van der Waals surface area (Å²) in [5.74, 6) is 1.50. The summed E-state index contributed by atoms with van der Waals surface area (Å²) in [6, 6.07) is 18.0. The number of benzene rings is 3. The Balaban J connectivity index is 1.60. The molecule has 0 aliphatic heterocycles. The topological polar surface area (TPSA) is 102 Å². The number of H-pyrrole nitrogens is 1. The van der Waals surface area contributed by atoms with E-state index in [9.17, 15) is 9.59 Å². The highest BCUT2D eigenvalue weighted by molar-refractivity contribution is 5.92. The van der Waals surface area contributed by atoms with Gasteiger partial charge in [-0.1, -0.05) is 49.6 Å². The maximum Gasteiger partial charge on any atom is 0.247 e. The van der Waals surface area contributed by atoms with Crippen LogP contribution in [-0.4, -0.2) is 56.2 Å². The van der Waals surface area contributed by atoms with E-state index in [4.69, 9.17) is 18.9 Å². The number of rotatable bonds is 12. The van der Waals surface area contributed by atoms with Crippen LogP contribution in [0.3, 0.4) is 0 Å². The number of carbonyl (C=O) groups is 2. The molecule has 1 aliphatic carbocycles. The summed E-state index contributed by atoms with van der Waals surface area (Å²) in [5.41, 5.74) is 3.24. The Morgan fingerprint density at radius 3 is 2.20 bits per heavy atom. The van der Waals surface area contributed by atoms with Crippen molar-refractivity contribution in [2.45, 2.75) is 57.2 Å². The molecule has 0 saturated heterocycles. The number of ether oxygens (including phenoxy) is 4. The van der Waals surface area contributed by atoms with Crippen LogP contribution in [0.4, 0.5) is 0 Å². The molecule has 2 N–H and O–H groups in total. The summed E-state index contributed by atoms with van der Waals surface area (Å²) in [5, 5.41) is 4.25. The number of nitrogens with zero attached hydrogens (tertiary/aromatic N) is 1. The predicted molar refractivity (Wildman–Crippen MR) is 169 cm³/mol. The molecule has 4 aromatic rings. The summed E-state index contributed by atoms with van der Waals surface area (Å²) >= 11 is 0. The number of methoxy groups -OCH3 is 4. The van der Waals surface area contributed by atoms with Crippen molar-refractivity contribution >= 4 is 22.7 Å². The molecule has 9 nitrogen and oxygen atoms in total. The van der Waals surface area contributed by atoms with Crippen molar-refractivity contribution in [1.29, 1.82) is 0 Å². The number of carbonyl (C=O) groups excluding carboxylic acids is 2. The summed E-state index contributed by atoms with van der Waals surface area (Å²) in [4.78, 5) is 33.7. The van der Waals surface area contributed by atoms with Crippen molar-refractivity contribution in [3.63, 3.8) is 0 Å². The third-order valence-corrected chi connectivity index (χ3v) is 8.36. The third kappa shape index (κ3) is 6.77. The predicted octanol–water partition coefficient (Wildman–Crippen LogP) is 5.96. The maximum atomic E-state index is 14.4. The Bertz CT molecular complexity index is 1550. The van der Waals surface area contributed by atoms with Crippen LogP contribution in [-0.2, 0) is 22.6 Å². The van der Waals surface area contributed by atoms with E-state index in [1.54, 1.807) is 24.1 Å². The Morgan fingerprint density at radius 1 is 0.886 bits per heavy atom. The van der Waals surface area contributed by atoms with Gasteiger partial charge in [0.25, 0.3) is 0 Å². The van der Waals surface area contributed by atoms with Gasteiger partial charge in [0.1, 0.15) is 11.8 Å². The Morgan fingerprint density at radius 2 is 1.57 bits per heavy atom. The van der Waals surface area contributed by atoms with Crippen molar-refractivity contribution in [2.24, 2.45) is 0 Å². The lowest BCUT2D eigenvalue weighted by Crippen LogP contribution is -2.47. The molecule has 5 rings (SSSR count). The maximum absolute atomic E-state index is 14.4. The molecule has 44 heavy (non-hydrogen) atoms. The number of para-hydroxylation sites is 1. The van der Waals surface area contributed by atoms with Crippen LogP contribution in [0.2, 0.25) is 0 Å². The second-order valence-corrected chi connectivity index (χ2v) is 11.1. The quantitative estimate of drug-likeness (QED) is 0.208. The van der Waals surface area contributed by atoms with Gasteiger partial charge in [-0.25, -0.2) is 0 Å². The van der Waals surface area contributed by atoms with Gasteiger partial charge in [-0.05, 0) is 59.9 Å². The van der Waals surface area contributed by atoms with Gasteiger partial charge in [0.05, 0.1) is 34.9 Å². The van der Waals surface area contributed by atoms with E-state index < -0.39 is 6.04 Å². The molecule has 1 saturated carbocycles. The first-order chi connectivity index (χ1) is 21.4. The molecule has 0 spiro atoms. The average Bonchev–Trinajstić information content (AvgIpc) is 3.47. The molecular formula is C35H41N3O6. The molecule has 2 amide bonds. The zero-order valence-electron chi connectivity index (χ0n) is 25.9. The van der Waals surface area contributed by atoms with E-state index in [0.717, 1.165) is 54.1 Å².